The molecular weight excluding hydrogens is 286 g/mol. The quantitative estimate of drug-likeness (QED) is 0.771. The molecule has 2 aromatic carbocycles. The van der Waals surface area contributed by atoms with Crippen molar-refractivity contribution in [1.82, 2.24) is 0 Å². The predicted octanol–water partition coefficient (Wildman–Crippen LogP) is 4.79. The molecule has 2 heteroatoms. The highest BCUT2D eigenvalue weighted by molar-refractivity contribution is 9.10. The summed E-state index contributed by atoms with van der Waals surface area (Å²) >= 11 is 3.57. The lowest BCUT2D eigenvalue weighted by atomic mass is 10.0. The Morgan fingerprint density at radius 2 is 1.83 bits per heavy atom. The van der Waals surface area contributed by atoms with Crippen molar-refractivity contribution in [3.8, 4) is 0 Å². The van der Waals surface area contributed by atoms with E-state index in [1.807, 2.05) is 0 Å². The van der Waals surface area contributed by atoms with E-state index in [4.69, 9.17) is 0 Å². The van der Waals surface area contributed by atoms with Crippen LogP contribution in [0.25, 0.3) is 0 Å². The smallest absolute Gasteiger partial charge is 0.0543 e. The van der Waals surface area contributed by atoms with Gasteiger partial charge in [-0.3, -0.25) is 0 Å². The van der Waals surface area contributed by atoms with Crippen LogP contribution >= 0.6 is 15.9 Å². The predicted molar refractivity (Wildman–Crippen MR) is 79.9 cm³/mol. The molecule has 18 heavy (non-hydrogen) atoms. The van der Waals surface area contributed by atoms with E-state index in [1.54, 1.807) is 0 Å². The second-order valence-electron chi connectivity index (χ2n) is 4.74. The van der Waals surface area contributed by atoms with Gasteiger partial charge in [-0.15, -0.1) is 0 Å². The molecule has 1 nitrogen and oxygen atoms in total. The van der Waals surface area contributed by atoms with Crippen LogP contribution in [-0.2, 0) is 0 Å². The standard InChI is InChI=1S/C16H16BrN/c17-14-7-4-6-13(12-14)16-10-5-11-18(16)15-8-2-1-3-9-15/h1-4,6-9,12,16H,5,10-11H2. The molecule has 0 radical (unpaired) electrons. The van der Waals surface area contributed by atoms with Crippen molar-refractivity contribution in [2.24, 2.45) is 0 Å². The SMILES string of the molecule is Brc1cccc(C2CCCN2c2ccccc2)c1. The highest BCUT2D eigenvalue weighted by Crippen LogP contribution is 2.36. The minimum Gasteiger partial charge on any atom is -0.364 e. The van der Waals surface area contributed by atoms with Gasteiger partial charge in [0.15, 0.2) is 0 Å². The largest absolute Gasteiger partial charge is 0.364 e. The van der Waals surface area contributed by atoms with Crippen LogP contribution in [0.3, 0.4) is 0 Å². The third kappa shape index (κ3) is 2.30. The summed E-state index contributed by atoms with van der Waals surface area (Å²) in [6.45, 7) is 1.15. The highest BCUT2D eigenvalue weighted by Gasteiger charge is 2.25. The van der Waals surface area contributed by atoms with E-state index in [0.29, 0.717) is 6.04 Å². The first-order valence-corrected chi connectivity index (χ1v) is 7.21. The van der Waals surface area contributed by atoms with Gasteiger partial charge < -0.3 is 4.90 Å². The van der Waals surface area contributed by atoms with Gasteiger partial charge >= 0.3 is 0 Å². The molecule has 0 saturated carbocycles. The van der Waals surface area contributed by atoms with E-state index >= 15 is 0 Å². The normalized spacial score (nSPS) is 19.2. The molecule has 2 aromatic rings. The Kier molecular flexibility index (Phi) is 3.37. The van der Waals surface area contributed by atoms with E-state index < -0.39 is 0 Å². The molecule has 1 aliphatic heterocycles. The molecule has 3 rings (SSSR count). The molecule has 1 saturated heterocycles. The molecule has 1 aliphatic rings. The second kappa shape index (κ2) is 5.15. The Hall–Kier alpha value is -1.28. The van der Waals surface area contributed by atoms with Crippen LogP contribution in [0.5, 0.6) is 0 Å². The van der Waals surface area contributed by atoms with Crippen LogP contribution in [0.15, 0.2) is 59.1 Å². The third-order valence-corrected chi connectivity index (χ3v) is 4.07. The van der Waals surface area contributed by atoms with E-state index in [2.05, 4.69) is 75.4 Å². The summed E-state index contributed by atoms with van der Waals surface area (Å²) in [6.07, 6.45) is 2.51. The van der Waals surface area contributed by atoms with Crippen LogP contribution < -0.4 is 4.90 Å². The van der Waals surface area contributed by atoms with Gasteiger partial charge in [-0.1, -0.05) is 46.3 Å². The van der Waals surface area contributed by atoms with Crippen molar-refractivity contribution in [1.29, 1.82) is 0 Å². The molecule has 92 valence electrons. The maximum atomic E-state index is 3.57. The molecule has 1 atom stereocenters. The number of rotatable bonds is 2. The van der Waals surface area contributed by atoms with Crippen LogP contribution in [0, 0.1) is 0 Å². The van der Waals surface area contributed by atoms with Crippen molar-refractivity contribution in [3.05, 3.63) is 64.6 Å². The van der Waals surface area contributed by atoms with E-state index in [1.165, 1.54) is 28.6 Å². The first kappa shape index (κ1) is 11.8. The molecule has 1 fully saturated rings. The summed E-state index contributed by atoms with van der Waals surface area (Å²) in [4.78, 5) is 2.52. The van der Waals surface area contributed by atoms with Gasteiger partial charge in [0.1, 0.15) is 0 Å². The van der Waals surface area contributed by atoms with Gasteiger partial charge in [-0.2, -0.15) is 0 Å². The fourth-order valence-corrected chi connectivity index (χ4v) is 3.17. The topological polar surface area (TPSA) is 3.24 Å². The number of anilines is 1. The lowest BCUT2D eigenvalue weighted by Crippen LogP contribution is -2.22. The van der Waals surface area contributed by atoms with Crippen LogP contribution in [-0.4, -0.2) is 6.54 Å². The second-order valence-corrected chi connectivity index (χ2v) is 5.66. The summed E-state index contributed by atoms with van der Waals surface area (Å²) in [5, 5.41) is 0. The Labute approximate surface area is 117 Å². The summed E-state index contributed by atoms with van der Waals surface area (Å²) in [5.41, 5.74) is 2.74. The van der Waals surface area contributed by atoms with Crippen LogP contribution in [0.2, 0.25) is 0 Å². The number of halogens is 1. The minimum absolute atomic E-state index is 0.518. The molecule has 0 spiro atoms. The number of hydrogen-bond acceptors (Lipinski definition) is 1. The zero-order chi connectivity index (χ0) is 12.4. The Morgan fingerprint density at radius 3 is 2.61 bits per heavy atom. The third-order valence-electron chi connectivity index (χ3n) is 3.57. The average Bonchev–Trinajstić information content (AvgIpc) is 2.89. The lowest BCUT2D eigenvalue weighted by Gasteiger charge is -2.27. The van der Waals surface area contributed by atoms with Crippen molar-refractivity contribution in [3.63, 3.8) is 0 Å². The fraction of sp³-hybridized carbons (Fsp3) is 0.250. The van der Waals surface area contributed by atoms with Crippen LogP contribution in [0.4, 0.5) is 5.69 Å². The zero-order valence-electron chi connectivity index (χ0n) is 10.2. The molecule has 0 bridgehead atoms. The number of benzene rings is 2. The number of hydrogen-bond donors (Lipinski definition) is 0. The fourth-order valence-electron chi connectivity index (χ4n) is 2.76. The van der Waals surface area contributed by atoms with Gasteiger partial charge in [0, 0.05) is 16.7 Å². The summed E-state index contributed by atoms with van der Waals surface area (Å²) in [5.74, 6) is 0. The summed E-state index contributed by atoms with van der Waals surface area (Å²) in [6, 6.07) is 19.9. The highest BCUT2D eigenvalue weighted by atomic mass is 79.9. The molecule has 0 N–H and O–H groups in total. The minimum atomic E-state index is 0.518. The van der Waals surface area contributed by atoms with E-state index in [0.717, 1.165) is 6.54 Å². The van der Waals surface area contributed by atoms with Gasteiger partial charge in [0.2, 0.25) is 0 Å². The van der Waals surface area contributed by atoms with Gasteiger partial charge in [-0.05, 0) is 42.7 Å². The van der Waals surface area contributed by atoms with Crippen LogP contribution in [0.1, 0.15) is 24.4 Å². The van der Waals surface area contributed by atoms with Gasteiger partial charge in [0.25, 0.3) is 0 Å². The number of nitrogens with zero attached hydrogens (tertiary/aromatic N) is 1. The first-order valence-electron chi connectivity index (χ1n) is 6.42. The van der Waals surface area contributed by atoms with Crippen molar-refractivity contribution in [2.45, 2.75) is 18.9 Å². The summed E-state index contributed by atoms with van der Waals surface area (Å²) < 4.78 is 1.17. The van der Waals surface area contributed by atoms with Crippen molar-refractivity contribution in [2.75, 3.05) is 11.4 Å². The first-order chi connectivity index (χ1) is 8.84. The lowest BCUT2D eigenvalue weighted by molar-refractivity contribution is 0.719. The average molecular weight is 302 g/mol. The van der Waals surface area contributed by atoms with Gasteiger partial charge in [-0.25, -0.2) is 0 Å². The summed E-state index contributed by atoms with van der Waals surface area (Å²) in [7, 11) is 0. The van der Waals surface area contributed by atoms with Crippen molar-refractivity contribution >= 4 is 21.6 Å². The Morgan fingerprint density at radius 1 is 1.00 bits per heavy atom. The Bertz CT molecular complexity index is 524. The monoisotopic (exact) mass is 301 g/mol. The Balaban J connectivity index is 1.92. The molecular formula is C16H16BrN. The number of para-hydroxylation sites is 1. The molecule has 1 heterocycles. The molecule has 0 aromatic heterocycles. The van der Waals surface area contributed by atoms with E-state index in [-0.39, 0.29) is 0 Å². The van der Waals surface area contributed by atoms with E-state index in [9.17, 15) is 0 Å². The van der Waals surface area contributed by atoms with Gasteiger partial charge in [0.05, 0.1) is 6.04 Å². The van der Waals surface area contributed by atoms with Crippen molar-refractivity contribution < 1.29 is 0 Å². The molecule has 0 aliphatic carbocycles. The maximum Gasteiger partial charge on any atom is 0.0543 e. The zero-order valence-corrected chi connectivity index (χ0v) is 11.8. The maximum absolute atomic E-state index is 3.57. The molecule has 1 unspecified atom stereocenters. The molecule has 0 amide bonds.